The topological polar surface area (TPSA) is 76.9 Å². The molecule has 3 rings (SSSR count). The third-order valence-electron chi connectivity index (χ3n) is 3.52. The fourth-order valence-electron chi connectivity index (χ4n) is 2.34. The Hall–Kier alpha value is -1.55. The van der Waals surface area contributed by atoms with Crippen molar-refractivity contribution >= 4 is 41.9 Å². The van der Waals surface area contributed by atoms with Crippen LogP contribution in [0.2, 0.25) is 0 Å². The summed E-state index contributed by atoms with van der Waals surface area (Å²) >= 11 is 6.62. The van der Waals surface area contributed by atoms with E-state index in [1.807, 2.05) is 30.3 Å². The largest absolute Gasteiger partial charge is 0.251 e. The zero-order valence-corrected chi connectivity index (χ0v) is 16.9. The van der Waals surface area contributed by atoms with E-state index in [1.54, 1.807) is 29.2 Å². The average molecular weight is 486 g/mol. The molecule has 0 fully saturated rings. The first-order valence-electron chi connectivity index (χ1n) is 7.30. The molecule has 1 atom stereocenters. The molecule has 1 heterocycles. The highest BCUT2D eigenvalue weighted by molar-refractivity contribution is 9.11. The summed E-state index contributed by atoms with van der Waals surface area (Å²) in [6.45, 7) is 0.328. The van der Waals surface area contributed by atoms with E-state index in [4.69, 9.17) is 0 Å². The number of hydrogen-bond acceptors (Lipinski definition) is 4. The van der Waals surface area contributed by atoms with Crippen molar-refractivity contribution in [1.82, 2.24) is 19.5 Å². The Labute approximate surface area is 162 Å². The highest BCUT2D eigenvalue weighted by Crippen LogP contribution is 2.27. The molecule has 0 saturated carbocycles. The van der Waals surface area contributed by atoms with Crippen molar-refractivity contribution in [2.45, 2.75) is 17.5 Å². The molecule has 0 amide bonds. The van der Waals surface area contributed by atoms with Gasteiger partial charge in [-0.2, -0.15) is 5.10 Å². The molecule has 1 N–H and O–H groups in total. The minimum atomic E-state index is -3.75. The molecule has 6 nitrogen and oxygen atoms in total. The van der Waals surface area contributed by atoms with Gasteiger partial charge in [0, 0.05) is 8.95 Å². The van der Waals surface area contributed by atoms with Gasteiger partial charge in [-0.1, -0.05) is 46.3 Å². The number of benzene rings is 2. The molecular formula is C16H14Br2N4O2S. The van der Waals surface area contributed by atoms with Crippen molar-refractivity contribution in [3.05, 3.63) is 75.7 Å². The van der Waals surface area contributed by atoms with Crippen LogP contribution in [0.1, 0.15) is 11.6 Å². The Morgan fingerprint density at radius 3 is 2.56 bits per heavy atom. The van der Waals surface area contributed by atoms with Crippen molar-refractivity contribution < 1.29 is 8.42 Å². The summed E-state index contributed by atoms with van der Waals surface area (Å²) < 4.78 is 31.4. The molecule has 25 heavy (non-hydrogen) atoms. The molecule has 1 aromatic heterocycles. The van der Waals surface area contributed by atoms with Crippen LogP contribution in [0.4, 0.5) is 0 Å². The second kappa shape index (κ2) is 7.77. The normalized spacial score (nSPS) is 12.9. The van der Waals surface area contributed by atoms with E-state index in [0.29, 0.717) is 15.5 Å². The van der Waals surface area contributed by atoms with E-state index in [2.05, 4.69) is 46.7 Å². The van der Waals surface area contributed by atoms with Gasteiger partial charge in [0.25, 0.3) is 0 Å². The summed E-state index contributed by atoms with van der Waals surface area (Å²) in [5.74, 6) is 0. The molecule has 0 aliphatic rings. The van der Waals surface area contributed by atoms with Crippen LogP contribution < -0.4 is 4.72 Å². The minimum absolute atomic E-state index is 0.168. The molecule has 0 radical (unpaired) electrons. The highest BCUT2D eigenvalue weighted by Gasteiger charge is 2.24. The summed E-state index contributed by atoms with van der Waals surface area (Å²) in [5, 5.41) is 4.07. The van der Waals surface area contributed by atoms with Crippen LogP contribution in [0.3, 0.4) is 0 Å². The van der Waals surface area contributed by atoms with Gasteiger partial charge in [-0.15, -0.1) is 0 Å². The maximum absolute atomic E-state index is 12.9. The van der Waals surface area contributed by atoms with E-state index in [1.165, 1.54) is 6.33 Å². The van der Waals surface area contributed by atoms with Crippen molar-refractivity contribution in [2.24, 2.45) is 0 Å². The molecule has 0 aliphatic carbocycles. The van der Waals surface area contributed by atoms with E-state index in [0.717, 1.165) is 5.56 Å². The summed E-state index contributed by atoms with van der Waals surface area (Å²) in [6, 6.07) is 13.9. The molecule has 130 valence electrons. The average Bonchev–Trinajstić information content (AvgIpc) is 3.10. The summed E-state index contributed by atoms with van der Waals surface area (Å²) in [7, 11) is -3.75. The quantitative estimate of drug-likeness (QED) is 0.579. The zero-order chi connectivity index (χ0) is 17.9. The van der Waals surface area contributed by atoms with Gasteiger partial charge < -0.3 is 0 Å². The van der Waals surface area contributed by atoms with Gasteiger partial charge in [0.05, 0.1) is 17.5 Å². The molecule has 0 spiro atoms. The van der Waals surface area contributed by atoms with Gasteiger partial charge in [0.2, 0.25) is 10.0 Å². The molecule has 2 aromatic carbocycles. The molecule has 3 aromatic rings. The summed E-state index contributed by atoms with van der Waals surface area (Å²) in [6.07, 6.45) is 2.97. The Morgan fingerprint density at radius 2 is 1.88 bits per heavy atom. The lowest BCUT2D eigenvalue weighted by molar-refractivity contribution is 0.482. The fourth-order valence-corrected chi connectivity index (χ4v) is 5.06. The van der Waals surface area contributed by atoms with Crippen molar-refractivity contribution in [2.75, 3.05) is 0 Å². The first-order valence-corrected chi connectivity index (χ1v) is 10.4. The van der Waals surface area contributed by atoms with Gasteiger partial charge in [0.1, 0.15) is 12.7 Å². The van der Waals surface area contributed by atoms with Gasteiger partial charge >= 0.3 is 0 Å². The van der Waals surface area contributed by atoms with Gasteiger partial charge in [-0.25, -0.2) is 18.1 Å². The second-order valence-electron chi connectivity index (χ2n) is 5.28. The SMILES string of the molecule is O=S(=O)(NC(Cn1cncn1)c1ccccc1)c1cc(Br)ccc1Br. The Balaban J connectivity index is 1.95. The molecule has 1 unspecified atom stereocenters. The Kier molecular flexibility index (Phi) is 5.67. The number of nitrogens with zero attached hydrogens (tertiary/aromatic N) is 3. The number of sulfonamides is 1. The monoisotopic (exact) mass is 484 g/mol. The van der Waals surface area contributed by atoms with Crippen LogP contribution in [0.15, 0.2) is 75.0 Å². The molecule has 0 aliphatic heterocycles. The molecule has 9 heteroatoms. The van der Waals surface area contributed by atoms with E-state index in [9.17, 15) is 8.42 Å². The Bertz CT molecular complexity index is 948. The number of hydrogen-bond donors (Lipinski definition) is 1. The van der Waals surface area contributed by atoms with Crippen LogP contribution in [0.25, 0.3) is 0 Å². The maximum Gasteiger partial charge on any atom is 0.242 e. The fraction of sp³-hybridized carbons (Fsp3) is 0.125. The molecule has 0 bridgehead atoms. The van der Waals surface area contributed by atoms with E-state index in [-0.39, 0.29) is 4.90 Å². The molecule has 0 saturated heterocycles. The predicted molar refractivity (Wildman–Crippen MR) is 101 cm³/mol. The number of halogens is 2. The van der Waals surface area contributed by atoms with Crippen LogP contribution >= 0.6 is 31.9 Å². The third kappa shape index (κ3) is 4.55. The van der Waals surface area contributed by atoms with Gasteiger partial charge in [-0.3, -0.25) is 4.68 Å². The lowest BCUT2D eigenvalue weighted by Crippen LogP contribution is -2.32. The lowest BCUT2D eigenvalue weighted by Gasteiger charge is -2.20. The second-order valence-corrected chi connectivity index (χ2v) is 8.73. The van der Waals surface area contributed by atoms with E-state index >= 15 is 0 Å². The van der Waals surface area contributed by atoms with Crippen LogP contribution in [-0.4, -0.2) is 23.2 Å². The number of aromatic nitrogens is 3. The van der Waals surface area contributed by atoms with Gasteiger partial charge in [-0.05, 0) is 39.7 Å². The first kappa shape index (κ1) is 18.2. The van der Waals surface area contributed by atoms with Crippen LogP contribution in [0, 0.1) is 0 Å². The minimum Gasteiger partial charge on any atom is -0.251 e. The predicted octanol–water partition coefficient (Wildman–Crippen LogP) is 3.52. The van der Waals surface area contributed by atoms with Crippen molar-refractivity contribution in [1.29, 1.82) is 0 Å². The summed E-state index contributed by atoms with van der Waals surface area (Å²) in [5.41, 5.74) is 0.840. The van der Waals surface area contributed by atoms with E-state index < -0.39 is 16.1 Å². The zero-order valence-electron chi connectivity index (χ0n) is 12.9. The van der Waals surface area contributed by atoms with Crippen molar-refractivity contribution in [3.8, 4) is 0 Å². The van der Waals surface area contributed by atoms with Gasteiger partial charge in [0.15, 0.2) is 0 Å². The smallest absolute Gasteiger partial charge is 0.242 e. The first-order chi connectivity index (χ1) is 12.0. The van der Waals surface area contributed by atoms with Crippen LogP contribution in [0.5, 0.6) is 0 Å². The standard InChI is InChI=1S/C16H14Br2N4O2S/c17-13-6-7-14(18)16(8-13)25(23,24)21-15(9-22-11-19-10-20-22)12-4-2-1-3-5-12/h1-8,10-11,15,21H,9H2. The van der Waals surface area contributed by atoms with Crippen molar-refractivity contribution in [3.63, 3.8) is 0 Å². The maximum atomic E-state index is 12.9. The summed E-state index contributed by atoms with van der Waals surface area (Å²) in [4.78, 5) is 4.08. The molecular weight excluding hydrogens is 472 g/mol. The Morgan fingerprint density at radius 1 is 1.12 bits per heavy atom. The third-order valence-corrected chi connectivity index (χ3v) is 6.48. The lowest BCUT2D eigenvalue weighted by atomic mass is 10.1. The van der Waals surface area contributed by atoms with Crippen LogP contribution in [-0.2, 0) is 16.6 Å². The highest BCUT2D eigenvalue weighted by atomic mass is 79.9. The number of nitrogens with one attached hydrogen (secondary N) is 1. The number of rotatable bonds is 6.